The van der Waals surface area contributed by atoms with Crippen molar-refractivity contribution in [1.82, 2.24) is 14.5 Å². The van der Waals surface area contributed by atoms with Crippen molar-refractivity contribution >= 4 is 22.0 Å². The molecule has 2 aromatic rings. The van der Waals surface area contributed by atoms with Crippen LogP contribution in [-0.2, 0) is 32.6 Å². The van der Waals surface area contributed by atoms with Crippen LogP contribution in [0, 0.1) is 5.82 Å². The van der Waals surface area contributed by atoms with Crippen LogP contribution in [0.4, 0.5) is 9.18 Å². The van der Waals surface area contributed by atoms with Crippen LogP contribution in [0.1, 0.15) is 74.9 Å². The maximum absolute atomic E-state index is 13.7. The van der Waals surface area contributed by atoms with Gasteiger partial charge in [-0.2, -0.15) is 8.42 Å². The molecule has 40 heavy (non-hydrogen) atoms. The smallest absolute Gasteiger partial charge is 0.410 e. The Labute approximate surface area is 233 Å². The number of rotatable bonds is 9. The summed E-state index contributed by atoms with van der Waals surface area (Å²) in [4.78, 5) is 46.2. The molecule has 1 unspecified atom stereocenters. The highest BCUT2D eigenvalue weighted by Gasteiger charge is 2.37. The lowest BCUT2D eigenvalue weighted by molar-refractivity contribution is 0.0139. The van der Waals surface area contributed by atoms with E-state index in [4.69, 9.17) is 13.7 Å². The van der Waals surface area contributed by atoms with E-state index in [9.17, 15) is 27.2 Å². The molecular formula is C27H36FN3O8S. The molecule has 13 heteroatoms. The van der Waals surface area contributed by atoms with E-state index in [2.05, 4.69) is 4.98 Å². The molecule has 0 N–H and O–H groups in total. The second-order valence-electron chi connectivity index (χ2n) is 10.6. The summed E-state index contributed by atoms with van der Waals surface area (Å²) in [6, 6.07) is 4.80. The van der Waals surface area contributed by atoms with E-state index in [1.807, 2.05) is 0 Å². The van der Waals surface area contributed by atoms with Gasteiger partial charge >= 0.3 is 16.2 Å². The number of carbonyl (C=O) groups excluding carboxylic acids is 2. The van der Waals surface area contributed by atoms with E-state index in [-0.39, 0.29) is 31.8 Å². The van der Waals surface area contributed by atoms with Crippen LogP contribution in [0.15, 0.2) is 29.1 Å². The van der Waals surface area contributed by atoms with Gasteiger partial charge in [-0.25, -0.2) is 14.2 Å². The van der Waals surface area contributed by atoms with Gasteiger partial charge in [-0.3, -0.25) is 19.1 Å². The fraction of sp³-hybridized carbons (Fsp3) is 0.556. The Kier molecular flexibility index (Phi) is 9.72. The molecule has 1 aromatic heterocycles. The number of aromatic nitrogens is 2. The Hall–Kier alpha value is -3.32. The van der Waals surface area contributed by atoms with Crippen molar-refractivity contribution in [3.8, 4) is 5.75 Å². The summed E-state index contributed by atoms with van der Waals surface area (Å²) in [6.07, 6.45) is 0.497. The predicted molar refractivity (Wildman–Crippen MR) is 144 cm³/mol. The van der Waals surface area contributed by atoms with Gasteiger partial charge in [0, 0.05) is 20.1 Å². The van der Waals surface area contributed by atoms with Crippen LogP contribution in [0.2, 0.25) is 0 Å². The Bertz CT molecular complexity index is 1400. The third-order valence-electron chi connectivity index (χ3n) is 6.33. The number of Topliss-reactive ketones (excluding diaryl/α,β-unsaturated/α-hetero) is 1. The summed E-state index contributed by atoms with van der Waals surface area (Å²) in [5.74, 6) is -1.69. The molecule has 0 fully saturated rings. The highest BCUT2D eigenvalue weighted by atomic mass is 32.2. The molecule has 2 heterocycles. The first kappa shape index (κ1) is 31.2. The van der Waals surface area contributed by atoms with Crippen LogP contribution < -0.4 is 9.74 Å². The van der Waals surface area contributed by atoms with Gasteiger partial charge in [0.2, 0.25) is 5.75 Å². The predicted octanol–water partition coefficient (Wildman–Crippen LogP) is 3.64. The molecule has 1 aromatic carbocycles. The van der Waals surface area contributed by atoms with Crippen LogP contribution in [-0.4, -0.2) is 66.4 Å². The van der Waals surface area contributed by atoms with Crippen molar-refractivity contribution in [3.63, 3.8) is 0 Å². The number of amides is 1. The van der Waals surface area contributed by atoms with E-state index < -0.39 is 62.6 Å². The standard InChI is InChI=1S/C27H36FN3O8S/c1-7-30(26(34)38-27(2,3)4)20-14-13-19(37-5)16-31-24(20)29-22(23(25(31)33)39-40(6,35)36)21(32)15-10-17-8-11-18(28)12-9-17/h8-9,11-12,19-20H,7,10,13-16H2,1-6H3/t19-,20?/m0/s1. The molecule has 0 spiro atoms. The van der Waals surface area contributed by atoms with Gasteiger partial charge in [-0.05, 0) is 64.7 Å². The van der Waals surface area contributed by atoms with E-state index in [1.54, 1.807) is 27.7 Å². The zero-order valence-electron chi connectivity index (χ0n) is 23.6. The summed E-state index contributed by atoms with van der Waals surface area (Å²) in [5.41, 5.74) is -1.46. The highest BCUT2D eigenvalue weighted by Crippen LogP contribution is 2.32. The van der Waals surface area contributed by atoms with Gasteiger partial charge in [0.05, 0.1) is 24.9 Å². The molecule has 0 radical (unpaired) electrons. The molecule has 1 aliphatic rings. The van der Waals surface area contributed by atoms with E-state index in [0.717, 1.165) is 6.26 Å². The number of ketones is 1. The second kappa shape index (κ2) is 12.5. The van der Waals surface area contributed by atoms with Crippen molar-refractivity contribution < 1.29 is 36.1 Å². The topological polar surface area (TPSA) is 134 Å². The second-order valence-corrected chi connectivity index (χ2v) is 12.2. The first-order valence-corrected chi connectivity index (χ1v) is 14.8. The summed E-state index contributed by atoms with van der Waals surface area (Å²) in [5, 5.41) is 0. The molecule has 2 atom stereocenters. The van der Waals surface area contributed by atoms with Crippen molar-refractivity contribution in [1.29, 1.82) is 0 Å². The van der Waals surface area contributed by atoms with Gasteiger partial charge in [0.15, 0.2) is 11.5 Å². The SMILES string of the molecule is CCN(C(=O)OC(C)(C)C)C1CC[C@H](OC)Cn2c1nc(C(=O)CCc1ccc(F)cc1)c(OS(C)(=O)=O)c2=O. The Morgan fingerprint density at radius 3 is 2.38 bits per heavy atom. The first-order valence-electron chi connectivity index (χ1n) is 13.0. The number of halogens is 1. The maximum atomic E-state index is 13.7. The number of ether oxygens (including phenoxy) is 2. The number of hydrogen-bond acceptors (Lipinski definition) is 9. The van der Waals surface area contributed by atoms with E-state index >= 15 is 0 Å². The van der Waals surface area contributed by atoms with Gasteiger partial charge in [0.1, 0.15) is 17.2 Å². The van der Waals surface area contributed by atoms with Crippen LogP contribution in [0.5, 0.6) is 5.75 Å². The molecule has 3 rings (SSSR count). The van der Waals surface area contributed by atoms with Crippen molar-refractivity contribution in [2.45, 2.75) is 77.7 Å². The molecular weight excluding hydrogens is 545 g/mol. The minimum absolute atomic E-state index is 0.00418. The lowest BCUT2D eigenvalue weighted by atomic mass is 10.0. The zero-order valence-corrected chi connectivity index (χ0v) is 24.4. The number of hydrogen-bond donors (Lipinski definition) is 0. The zero-order chi connectivity index (χ0) is 29.8. The minimum atomic E-state index is -4.21. The van der Waals surface area contributed by atoms with Crippen molar-refractivity contribution in [3.05, 3.63) is 57.5 Å². The fourth-order valence-corrected chi connectivity index (χ4v) is 4.93. The van der Waals surface area contributed by atoms with Gasteiger partial charge in [-0.1, -0.05) is 12.1 Å². The first-order chi connectivity index (χ1) is 18.6. The molecule has 0 saturated carbocycles. The number of methoxy groups -OCH3 is 1. The summed E-state index contributed by atoms with van der Waals surface area (Å²) >= 11 is 0. The highest BCUT2D eigenvalue weighted by molar-refractivity contribution is 7.86. The molecule has 1 aliphatic heterocycles. The maximum Gasteiger partial charge on any atom is 0.410 e. The number of carbonyl (C=O) groups is 2. The van der Waals surface area contributed by atoms with Gasteiger partial charge in [-0.15, -0.1) is 0 Å². The summed E-state index contributed by atoms with van der Waals surface area (Å²) in [6.45, 7) is 7.16. The Morgan fingerprint density at radius 2 is 1.82 bits per heavy atom. The number of aryl methyl sites for hydroxylation is 1. The quantitative estimate of drug-likeness (QED) is 0.321. The van der Waals surface area contributed by atoms with E-state index in [1.165, 1.54) is 40.8 Å². The van der Waals surface area contributed by atoms with Crippen molar-refractivity contribution in [2.24, 2.45) is 0 Å². The third kappa shape index (κ3) is 7.87. The summed E-state index contributed by atoms with van der Waals surface area (Å²) in [7, 11) is -2.73. The lowest BCUT2D eigenvalue weighted by Crippen LogP contribution is -2.41. The normalized spacial score (nSPS) is 17.5. The monoisotopic (exact) mass is 581 g/mol. The molecule has 0 saturated heterocycles. The largest absolute Gasteiger partial charge is 0.444 e. The number of benzene rings is 1. The van der Waals surface area contributed by atoms with Gasteiger partial charge < -0.3 is 13.7 Å². The molecule has 220 valence electrons. The number of fused-ring (bicyclic) bond motifs is 1. The average molecular weight is 582 g/mol. The summed E-state index contributed by atoms with van der Waals surface area (Å²) < 4.78 is 54.8. The Morgan fingerprint density at radius 1 is 1.18 bits per heavy atom. The fourth-order valence-electron chi connectivity index (χ4n) is 4.48. The van der Waals surface area contributed by atoms with Crippen LogP contribution in [0.3, 0.4) is 0 Å². The molecule has 0 aliphatic carbocycles. The minimum Gasteiger partial charge on any atom is -0.444 e. The van der Waals surface area contributed by atoms with Crippen molar-refractivity contribution in [2.75, 3.05) is 19.9 Å². The molecule has 0 bridgehead atoms. The van der Waals surface area contributed by atoms with E-state index in [0.29, 0.717) is 18.4 Å². The average Bonchev–Trinajstić information content (AvgIpc) is 3.03. The third-order valence-corrected chi connectivity index (χ3v) is 6.80. The van der Waals surface area contributed by atoms with Crippen LogP contribution >= 0.6 is 0 Å². The molecule has 1 amide bonds. The lowest BCUT2D eigenvalue weighted by Gasteiger charge is -2.32. The number of nitrogens with zero attached hydrogens (tertiary/aromatic N) is 3. The van der Waals surface area contributed by atoms with Gasteiger partial charge in [0.25, 0.3) is 5.56 Å². The Balaban J connectivity index is 2.15. The van der Waals surface area contributed by atoms with Crippen LogP contribution in [0.25, 0.3) is 0 Å². The molecule has 11 nitrogen and oxygen atoms in total.